The number of nitrogens with one attached hydrogen (secondary N) is 1. The lowest BCUT2D eigenvalue weighted by molar-refractivity contribution is 0.587. The van der Waals surface area contributed by atoms with Gasteiger partial charge in [0, 0.05) is 17.1 Å². The Hall–Kier alpha value is -0.860. The molecule has 1 aliphatic rings. The van der Waals surface area contributed by atoms with Gasteiger partial charge in [0.2, 0.25) is 0 Å². The second-order valence-electron chi connectivity index (χ2n) is 4.42. The Kier molecular flexibility index (Phi) is 4.57. The Morgan fingerprint density at radius 2 is 2.24 bits per heavy atom. The first kappa shape index (κ1) is 12.6. The number of hydrogen-bond acceptors (Lipinski definition) is 1. The maximum absolute atomic E-state index is 13.4. The fourth-order valence-corrected chi connectivity index (χ4v) is 2.31. The minimum Gasteiger partial charge on any atom is -0.312 e. The van der Waals surface area contributed by atoms with E-state index in [1.807, 2.05) is 0 Å². The summed E-state index contributed by atoms with van der Waals surface area (Å²) in [6.45, 7) is 1.44. The van der Waals surface area contributed by atoms with Crippen LogP contribution in [0.1, 0.15) is 31.2 Å². The molecule has 1 nitrogen and oxygen atoms in total. The quantitative estimate of drug-likeness (QED) is 0.616. The molecular weight excluding hydrogens is 237 g/mol. The fourth-order valence-electron chi connectivity index (χ4n) is 2.12. The summed E-state index contributed by atoms with van der Waals surface area (Å²) < 4.78 is 13.4. The van der Waals surface area contributed by atoms with Crippen LogP contribution in [0.4, 0.5) is 4.39 Å². The van der Waals surface area contributed by atoms with E-state index >= 15 is 0 Å². The summed E-state index contributed by atoms with van der Waals surface area (Å²) in [4.78, 5) is 0. The average molecular weight is 254 g/mol. The van der Waals surface area contributed by atoms with Gasteiger partial charge in [-0.3, -0.25) is 0 Å². The zero-order chi connectivity index (χ0) is 12.1. The molecule has 1 aliphatic carbocycles. The second kappa shape index (κ2) is 6.18. The van der Waals surface area contributed by atoms with E-state index in [0.29, 0.717) is 17.1 Å². The zero-order valence-electron chi connectivity index (χ0n) is 9.81. The van der Waals surface area contributed by atoms with Crippen molar-refractivity contribution in [1.82, 2.24) is 5.32 Å². The molecule has 1 aromatic rings. The topological polar surface area (TPSA) is 12.0 Å². The standard InChI is InChI=1S/C14H17ClFN/c15-13-5-6-14(16)12(9-13)10-17-8-7-11-3-1-2-4-11/h3,5-6,9,17H,1-2,4,7-8,10H2. The van der Waals surface area contributed by atoms with Crippen molar-refractivity contribution < 1.29 is 4.39 Å². The van der Waals surface area contributed by atoms with E-state index < -0.39 is 0 Å². The van der Waals surface area contributed by atoms with Gasteiger partial charge in [-0.1, -0.05) is 23.3 Å². The van der Waals surface area contributed by atoms with E-state index in [2.05, 4.69) is 11.4 Å². The van der Waals surface area contributed by atoms with Crippen LogP contribution in [0.25, 0.3) is 0 Å². The van der Waals surface area contributed by atoms with Crippen molar-refractivity contribution in [3.8, 4) is 0 Å². The summed E-state index contributed by atoms with van der Waals surface area (Å²) in [6, 6.07) is 4.67. The van der Waals surface area contributed by atoms with E-state index in [4.69, 9.17) is 11.6 Å². The van der Waals surface area contributed by atoms with Crippen LogP contribution in [0.5, 0.6) is 0 Å². The molecule has 1 aromatic carbocycles. The molecule has 0 saturated heterocycles. The number of allylic oxidation sites excluding steroid dienone is 1. The van der Waals surface area contributed by atoms with Gasteiger partial charge in [0.05, 0.1) is 0 Å². The summed E-state index contributed by atoms with van der Waals surface area (Å²) in [7, 11) is 0. The molecule has 0 amide bonds. The predicted octanol–water partition coefficient (Wildman–Crippen LogP) is 4.07. The van der Waals surface area contributed by atoms with E-state index in [-0.39, 0.29) is 5.82 Å². The molecular formula is C14H17ClFN. The third-order valence-electron chi connectivity index (χ3n) is 3.08. The average Bonchev–Trinajstić information content (AvgIpc) is 2.82. The van der Waals surface area contributed by atoms with Crippen molar-refractivity contribution in [3.05, 3.63) is 46.3 Å². The lowest BCUT2D eigenvalue weighted by Crippen LogP contribution is -2.16. The molecule has 0 spiro atoms. The third kappa shape index (κ3) is 3.83. The highest BCUT2D eigenvalue weighted by molar-refractivity contribution is 6.30. The molecule has 1 N–H and O–H groups in total. The highest BCUT2D eigenvalue weighted by atomic mass is 35.5. The maximum Gasteiger partial charge on any atom is 0.127 e. The number of halogens is 2. The molecule has 17 heavy (non-hydrogen) atoms. The monoisotopic (exact) mass is 253 g/mol. The van der Waals surface area contributed by atoms with Crippen molar-refractivity contribution >= 4 is 11.6 Å². The van der Waals surface area contributed by atoms with Crippen LogP contribution in [0.15, 0.2) is 29.8 Å². The van der Waals surface area contributed by atoms with Crippen molar-refractivity contribution in [2.24, 2.45) is 0 Å². The summed E-state index contributed by atoms with van der Waals surface area (Å²) in [5.74, 6) is -0.193. The zero-order valence-corrected chi connectivity index (χ0v) is 10.6. The Labute approximate surface area is 107 Å². The van der Waals surface area contributed by atoms with Gasteiger partial charge >= 0.3 is 0 Å². The second-order valence-corrected chi connectivity index (χ2v) is 4.85. The number of hydrogen-bond donors (Lipinski definition) is 1. The van der Waals surface area contributed by atoms with Crippen molar-refractivity contribution in [3.63, 3.8) is 0 Å². The molecule has 0 saturated carbocycles. The van der Waals surface area contributed by atoms with Crippen molar-refractivity contribution in [2.75, 3.05) is 6.54 Å². The molecule has 0 radical (unpaired) electrons. The lowest BCUT2D eigenvalue weighted by Gasteiger charge is -2.07. The van der Waals surface area contributed by atoms with Gasteiger partial charge in [-0.25, -0.2) is 4.39 Å². The van der Waals surface area contributed by atoms with Crippen LogP contribution in [0, 0.1) is 5.82 Å². The SMILES string of the molecule is Fc1ccc(Cl)cc1CNCCC1=CCCC1. The Bertz CT molecular complexity index is 415. The van der Waals surface area contributed by atoms with Crippen molar-refractivity contribution in [1.29, 1.82) is 0 Å². The highest BCUT2D eigenvalue weighted by Gasteiger charge is 2.05. The summed E-state index contributed by atoms with van der Waals surface area (Å²) in [5, 5.41) is 3.84. The van der Waals surface area contributed by atoms with Crippen LogP contribution in [0.3, 0.4) is 0 Å². The summed E-state index contributed by atoms with van der Waals surface area (Å²) in [6.07, 6.45) is 7.13. The van der Waals surface area contributed by atoms with E-state index in [1.165, 1.54) is 30.9 Å². The molecule has 0 atom stereocenters. The fraction of sp³-hybridized carbons (Fsp3) is 0.429. The Morgan fingerprint density at radius 1 is 1.35 bits per heavy atom. The Morgan fingerprint density at radius 3 is 3.00 bits per heavy atom. The molecule has 0 unspecified atom stereocenters. The van der Waals surface area contributed by atoms with Gasteiger partial charge in [-0.2, -0.15) is 0 Å². The lowest BCUT2D eigenvalue weighted by atomic mass is 10.1. The van der Waals surface area contributed by atoms with Gasteiger partial charge in [0.1, 0.15) is 5.82 Å². The van der Waals surface area contributed by atoms with Crippen LogP contribution < -0.4 is 5.32 Å². The van der Waals surface area contributed by atoms with Gasteiger partial charge in [-0.15, -0.1) is 0 Å². The largest absolute Gasteiger partial charge is 0.312 e. The molecule has 0 aliphatic heterocycles. The first-order valence-electron chi connectivity index (χ1n) is 6.08. The van der Waals surface area contributed by atoms with E-state index in [1.54, 1.807) is 12.1 Å². The summed E-state index contributed by atoms with van der Waals surface area (Å²) >= 11 is 5.83. The van der Waals surface area contributed by atoms with Crippen molar-refractivity contribution in [2.45, 2.75) is 32.2 Å². The number of rotatable bonds is 5. The minimum absolute atomic E-state index is 0.193. The predicted molar refractivity (Wildman–Crippen MR) is 69.7 cm³/mol. The molecule has 0 fully saturated rings. The van der Waals surface area contributed by atoms with Crippen LogP contribution >= 0.6 is 11.6 Å². The van der Waals surface area contributed by atoms with Gasteiger partial charge in [0.15, 0.2) is 0 Å². The van der Waals surface area contributed by atoms with Gasteiger partial charge in [-0.05, 0) is 50.4 Å². The van der Waals surface area contributed by atoms with Crippen LogP contribution in [-0.4, -0.2) is 6.54 Å². The highest BCUT2D eigenvalue weighted by Crippen LogP contribution is 2.20. The summed E-state index contributed by atoms with van der Waals surface area (Å²) in [5.41, 5.74) is 2.17. The Balaban J connectivity index is 1.75. The van der Waals surface area contributed by atoms with Crippen LogP contribution in [0.2, 0.25) is 5.02 Å². The molecule has 0 bridgehead atoms. The molecule has 0 heterocycles. The first-order chi connectivity index (χ1) is 8.25. The molecule has 3 heteroatoms. The van der Waals surface area contributed by atoms with E-state index in [0.717, 1.165) is 13.0 Å². The van der Waals surface area contributed by atoms with Gasteiger partial charge in [0.25, 0.3) is 0 Å². The molecule has 2 rings (SSSR count). The molecule has 92 valence electrons. The minimum atomic E-state index is -0.193. The number of benzene rings is 1. The molecule has 0 aromatic heterocycles. The van der Waals surface area contributed by atoms with Crippen LogP contribution in [-0.2, 0) is 6.54 Å². The third-order valence-corrected chi connectivity index (χ3v) is 3.32. The first-order valence-corrected chi connectivity index (χ1v) is 6.46. The van der Waals surface area contributed by atoms with Gasteiger partial charge < -0.3 is 5.32 Å². The smallest absolute Gasteiger partial charge is 0.127 e. The maximum atomic E-state index is 13.4. The van der Waals surface area contributed by atoms with E-state index in [9.17, 15) is 4.39 Å². The normalized spacial score (nSPS) is 15.1.